The van der Waals surface area contributed by atoms with Gasteiger partial charge in [0, 0.05) is 19.6 Å². The Morgan fingerprint density at radius 2 is 2.27 bits per heavy atom. The second kappa shape index (κ2) is 3.49. The fraction of sp³-hybridized carbons (Fsp3) is 1.00. The third kappa shape index (κ3) is 1.90. The number of ether oxygens (including phenoxy) is 2. The first kappa shape index (κ1) is 8.93. The summed E-state index contributed by atoms with van der Waals surface area (Å²) < 4.78 is 10.2. The van der Waals surface area contributed by atoms with Gasteiger partial charge in [0.25, 0.3) is 0 Å². The Balaban J connectivity index is 2.47. The molecule has 0 aromatic heterocycles. The Hall–Kier alpha value is -0.160. The third-order valence-electron chi connectivity index (χ3n) is 2.01. The number of rotatable bonds is 1. The molecule has 0 amide bonds. The van der Waals surface area contributed by atoms with Gasteiger partial charge in [-0.05, 0) is 6.92 Å². The van der Waals surface area contributed by atoms with Crippen molar-refractivity contribution in [1.82, 2.24) is 0 Å². The van der Waals surface area contributed by atoms with Crippen LogP contribution in [0.2, 0.25) is 0 Å². The quantitative estimate of drug-likeness (QED) is 0.542. The lowest BCUT2D eigenvalue weighted by Crippen LogP contribution is -2.51. The summed E-state index contributed by atoms with van der Waals surface area (Å²) in [6.07, 6.45) is -0.504. The van der Waals surface area contributed by atoms with Crippen LogP contribution in [0.25, 0.3) is 0 Å². The SMILES string of the molecule is CO[C@@H]1C[C@H](N)[C@H](O)[C@@H](C)O1. The second-order valence-electron chi connectivity index (χ2n) is 2.90. The first-order valence-electron chi connectivity index (χ1n) is 3.77. The molecule has 4 atom stereocenters. The first-order valence-corrected chi connectivity index (χ1v) is 3.77. The van der Waals surface area contributed by atoms with Crippen molar-refractivity contribution in [2.45, 2.75) is 37.9 Å². The molecule has 4 nitrogen and oxygen atoms in total. The Morgan fingerprint density at radius 3 is 2.73 bits per heavy atom. The zero-order valence-corrected chi connectivity index (χ0v) is 6.86. The van der Waals surface area contributed by atoms with Crippen molar-refractivity contribution in [3.63, 3.8) is 0 Å². The monoisotopic (exact) mass is 161 g/mol. The van der Waals surface area contributed by atoms with Crippen LogP contribution in [0.1, 0.15) is 13.3 Å². The number of methoxy groups -OCH3 is 1. The van der Waals surface area contributed by atoms with Gasteiger partial charge in [0.15, 0.2) is 6.29 Å². The van der Waals surface area contributed by atoms with Gasteiger partial charge in [-0.2, -0.15) is 0 Å². The van der Waals surface area contributed by atoms with Crippen LogP contribution < -0.4 is 5.73 Å². The Kier molecular flexibility index (Phi) is 2.84. The molecular weight excluding hydrogens is 146 g/mol. The molecule has 4 heteroatoms. The summed E-state index contributed by atoms with van der Waals surface area (Å²) in [4.78, 5) is 0. The fourth-order valence-corrected chi connectivity index (χ4v) is 1.24. The van der Waals surface area contributed by atoms with Crippen LogP contribution >= 0.6 is 0 Å². The van der Waals surface area contributed by atoms with Gasteiger partial charge in [0.2, 0.25) is 0 Å². The van der Waals surface area contributed by atoms with Gasteiger partial charge in [0.05, 0.1) is 12.2 Å². The molecule has 1 rings (SSSR count). The van der Waals surface area contributed by atoms with E-state index < -0.39 is 6.10 Å². The summed E-state index contributed by atoms with van der Waals surface area (Å²) in [7, 11) is 1.57. The minimum atomic E-state index is -0.568. The van der Waals surface area contributed by atoms with Gasteiger partial charge in [-0.15, -0.1) is 0 Å². The highest BCUT2D eigenvalue weighted by molar-refractivity contribution is 4.82. The topological polar surface area (TPSA) is 64.7 Å². The van der Waals surface area contributed by atoms with Crippen LogP contribution in [0.3, 0.4) is 0 Å². The van der Waals surface area contributed by atoms with Crippen molar-refractivity contribution in [2.75, 3.05) is 7.11 Å². The van der Waals surface area contributed by atoms with Crippen molar-refractivity contribution in [3.8, 4) is 0 Å². The molecule has 0 aromatic carbocycles. The highest BCUT2D eigenvalue weighted by Gasteiger charge is 2.32. The zero-order chi connectivity index (χ0) is 8.43. The maximum Gasteiger partial charge on any atom is 0.159 e. The van der Waals surface area contributed by atoms with Crippen molar-refractivity contribution in [3.05, 3.63) is 0 Å². The van der Waals surface area contributed by atoms with E-state index >= 15 is 0 Å². The van der Waals surface area contributed by atoms with Gasteiger partial charge < -0.3 is 20.3 Å². The summed E-state index contributed by atoms with van der Waals surface area (Å²) in [5, 5.41) is 9.35. The van der Waals surface area contributed by atoms with E-state index in [9.17, 15) is 5.11 Å². The average Bonchev–Trinajstić information content (AvgIpc) is 1.99. The molecule has 1 aliphatic rings. The molecule has 1 saturated heterocycles. The Bertz CT molecular complexity index is 119. The molecule has 0 spiro atoms. The van der Waals surface area contributed by atoms with Gasteiger partial charge >= 0.3 is 0 Å². The van der Waals surface area contributed by atoms with Crippen LogP contribution in [0, 0.1) is 0 Å². The predicted molar refractivity (Wildman–Crippen MR) is 39.9 cm³/mol. The molecule has 0 aromatic rings. The predicted octanol–water partition coefficient (Wildman–Crippen LogP) is -0.544. The summed E-state index contributed by atoms with van der Waals surface area (Å²) in [6, 6.07) is -0.233. The largest absolute Gasteiger partial charge is 0.389 e. The van der Waals surface area contributed by atoms with Crippen LogP contribution in [0.15, 0.2) is 0 Å². The molecule has 0 aliphatic carbocycles. The number of hydrogen-bond acceptors (Lipinski definition) is 4. The Labute approximate surface area is 66.3 Å². The molecule has 66 valence electrons. The van der Waals surface area contributed by atoms with Crippen molar-refractivity contribution in [2.24, 2.45) is 5.73 Å². The molecule has 1 fully saturated rings. The molecule has 1 heterocycles. The summed E-state index contributed by atoms with van der Waals surface area (Å²) in [5.41, 5.74) is 5.62. The smallest absolute Gasteiger partial charge is 0.159 e. The highest BCUT2D eigenvalue weighted by Crippen LogP contribution is 2.18. The van der Waals surface area contributed by atoms with Crippen molar-refractivity contribution >= 4 is 0 Å². The molecule has 1 aliphatic heterocycles. The minimum absolute atomic E-state index is 0.233. The van der Waals surface area contributed by atoms with Gasteiger partial charge in [-0.1, -0.05) is 0 Å². The normalized spacial score (nSPS) is 45.8. The van der Waals surface area contributed by atoms with E-state index in [0.29, 0.717) is 6.42 Å². The molecule has 0 saturated carbocycles. The Morgan fingerprint density at radius 1 is 1.64 bits per heavy atom. The third-order valence-corrected chi connectivity index (χ3v) is 2.01. The molecule has 0 bridgehead atoms. The molecule has 11 heavy (non-hydrogen) atoms. The van der Waals surface area contributed by atoms with Gasteiger partial charge in [-0.3, -0.25) is 0 Å². The van der Waals surface area contributed by atoms with E-state index in [1.807, 2.05) is 0 Å². The summed E-state index contributed by atoms with van der Waals surface area (Å²) >= 11 is 0. The molecule has 0 unspecified atom stereocenters. The van der Waals surface area contributed by atoms with E-state index in [2.05, 4.69) is 0 Å². The summed E-state index contributed by atoms with van der Waals surface area (Å²) in [6.45, 7) is 1.79. The van der Waals surface area contributed by atoms with Crippen LogP contribution in [0.4, 0.5) is 0 Å². The van der Waals surface area contributed by atoms with E-state index in [4.69, 9.17) is 15.2 Å². The van der Waals surface area contributed by atoms with E-state index in [0.717, 1.165) is 0 Å². The molecule has 3 N–H and O–H groups in total. The second-order valence-corrected chi connectivity index (χ2v) is 2.90. The number of aliphatic hydroxyl groups is 1. The lowest BCUT2D eigenvalue weighted by Gasteiger charge is -2.35. The van der Waals surface area contributed by atoms with Gasteiger partial charge in [-0.25, -0.2) is 0 Å². The fourth-order valence-electron chi connectivity index (χ4n) is 1.24. The first-order chi connectivity index (χ1) is 5.15. The van der Waals surface area contributed by atoms with Crippen LogP contribution in [-0.2, 0) is 9.47 Å². The molecular formula is C7H15NO3. The average molecular weight is 161 g/mol. The number of nitrogens with two attached hydrogens (primary N) is 1. The van der Waals surface area contributed by atoms with E-state index in [1.54, 1.807) is 14.0 Å². The lowest BCUT2D eigenvalue weighted by atomic mass is 10.0. The maximum absolute atomic E-state index is 9.35. The maximum atomic E-state index is 9.35. The van der Waals surface area contributed by atoms with Crippen molar-refractivity contribution in [1.29, 1.82) is 0 Å². The highest BCUT2D eigenvalue weighted by atomic mass is 16.7. The lowest BCUT2D eigenvalue weighted by molar-refractivity contribution is -0.211. The van der Waals surface area contributed by atoms with Crippen LogP contribution in [-0.4, -0.2) is 36.8 Å². The van der Waals surface area contributed by atoms with Crippen LogP contribution in [0.5, 0.6) is 0 Å². The number of aliphatic hydroxyl groups excluding tert-OH is 1. The van der Waals surface area contributed by atoms with E-state index in [-0.39, 0.29) is 18.4 Å². The summed E-state index contributed by atoms with van der Waals surface area (Å²) in [5.74, 6) is 0. The standard InChI is InChI=1S/C7H15NO3/c1-4-7(9)5(8)3-6(10-2)11-4/h4-7,9H,3,8H2,1-2H3/t4-,5+,6+,7-/m1/s1. The zero-order valence-electron chi connectivity index (χ0n) is 6.86. The van der Waals surface area contributed by atoms with Crippen molar-refractivity contribution < 1.29 is 14.6 Å². The van der Waals surface area contributed by atoms with Gasteiger partial charge in [0.1, 0.15) is 0 Å². The minimum Gasteiger partial charge on any atom is -0.389 e. The molecule has 0 radical (unpaired) electrons. The number of hydrogen-bond donors (Lipinski definition) is 2. The van der Waals surface area contributed by atoms with E-state index in [1.165, 1.54) is 0 Å².